The predicted octanol–water partition coefficient (Wildman–Crippen LogP) is 5.98. The van der Waals surface area contributed by atoms with Crippen LogP contribution in [0, 0.1) is 6.92 Å². The van der Waals surface area contributed by atoms with E-state index in [-0.39, 0.29) is 33.5 Å². The SMILES string of the molecule is COc1c(Cl)cc(C)cc1/C(O)=C1\C(=O)C(=O)N(Cc2ccncc2)C1c1ccc(Cl)c(Cl)c1. The normalized spacial score (nSPS) is 17.3. The van der Waals surface area contributed by atoms with Crippen molar-refractivity contribution in [3.63, 3.8) is 0 Å². The number of aliphatic hydroxyl groups excluding tert-OH is 1. The van der Waals surface area contributed by atoms with Gasteiger partial charge in [0.1, 0.15) is 11.5 Å². The number of likely N-dealkylation sites (tertiary alicyclic amines) is 1. The molecule has 34 heavy (non-hydrogen) atoms. The lowest BCUT2D eigenvalue weighted by atomic mass is 9.94. The van der Waals surface area contributed by atoms with Gasteiger partial charge in [-0.2, -0.15) is 0 Å². The van der Waals surface area contributed by atoms with E-state index < -0.39 is 23.5 Å². The van der Waals surface area contributed by atoms with Crippen molar-refractivity contribution < 1.29 is 19.4 Å². The Bertz CT molecular complexity index is 1330. The molecule has 1 aliphatic heterocycles. The van der Waals surface area contributed by atoms with Gasteiger partial charge >= 0.3 is 0 Å². The molecule has 0 radical (unpaired) electrons. The lowest BCUT2D eigenvalue weighted by Crippen LogP contribution is -2.29. The minimum absolute atomic E-state index is 0.0996. The van der Waals surface area contributed by atoms with Crippen molar-refractivity contribution >= 4 is 52.3 Å². The van der Waals surface area contributed by atoms with Crippen molar-refractivity contribution in [2.45, 2.75) is 19.5 Å². The smallest absolute Gasteiger partial charge is 0.295 e. The van der Waals surface area contributed by atoms with Gasteiger partial charge in [-0.25, -0.2) is 0 Å². The maximum Gasteiger partial charge on any atom is 0.295 e. The maximum atomic E-state index is 13.3. The molecule has 1 fully saturated rings. The number of amides is 1. The standard InChI is InChI=1S/C25H19Cl3N2O4/c1-13-9-16(24(34-2)19(28)10-13)22(31)20-21(15-3-4-17(26)18(27)11-15)30(25(33)23(20)32)12-14-5-7-29-8-6-14/h3-11,21,31H,12H2,1-2H3/b22-20+. The summed E-state index contributed by atoms with van der Waals surface area (Å²) in [5.74, 6) is -1.79. The maximum absolute atomic E-state index is 13.3. The van der Waals surface area contributed by atoms with E-state index >= 15 is 0 Å². The van der Waals surface area contributed by atoms with E-state index in [1.807, 2.05) is 0 Å². The van der Waals surface area contributed by atoms with Crippen molar-refractivity contribution in [1.82, 2.24) is 9.88 Å². The fraction of sp³-hybridized carbons (Fsp3) is 0.160. The summed E-state index contributed by atoms with van der Waals surface area (Å²) >= 11 is 18.7. The van der Waals surface area contributed by atoms with Gasteiger partial charge in [-0.05, 0) is 60.0 Å². The Morgan fingerprint density at radius 1 is 1.03 bits per heavy atom. The molecule has 4 rings (SSSR count). The summed E-state index contributed by atoms with van der Waals surface area (Å²) in [6, 6.07) is 10.7. The number of carbonyl (C=O) groups excluding carboxylic acids is 2. The topological polar surface area (TPSA) is 79.7 Å². The zero-order valence-corrected chi connectivity index (χ0v) is 20.4. The zero-order chi connectivity index (χ0) is 24.6. The number of rotatable bonds is 5. The van der Waals surface area contributed by atoms with Gasteiger partial charge in [-0.3, -0.25) is 14.6 Å². The largest absolute Gasteiger partial charge is 0.507 e. The Labute approximate surface area is 211 Å². The summed E-state index contributed by atoms with van der Waals surface area (Å²) in [5.41, 5.74) is 2.13. The van der Waals surface area contributed by atoms with Crippen LogP contribution in [-0.4, -0.2) is 33.8 Å². The summed E-state index contributed by atoms with van der Waals surface area (Å²) in [6.07, 6.45) is 3.19. The van der Waals surface area contributed by atoms with E-state index in [9.17, 15) is 14.7 Å². The first-order valence-electron chi connectivity index (χ1n) is 10.2. The number of nitrogens with zero attached hydrogens (tertiary/aromatic N) is 2. The fourth-order valence-corrected chi connectivity index (χ4v) is 4.67. The molecule has 1 aromatic heterocycles. The molecule has 1 N–H and O–H groups in total. The molecule has 0 spiro atoms. The second-order valence-electron chi connectivity index (χ2n) is 7.78. The predicted molar refractivity (Wildman–Crippen MR) is 131 cm³/mol. The van der Waals surface area contributed by atoms with Crippen LogP contribution in [0.25, 0.3) is 5.76 Å². The van der Waals surface area contributed by atoms with E-state index in [1.54, 1.807) is 61.8 Å². The number of ether oxygens (including phenoxy) is 1. The summed E-state index contributed by atoms with van der Waals surface area (Å²) in [5, 5.41) is 12.2. The van der Waals surface area contributed by atoms with E-state index in [0.29, 0.717) is 10.6 Å². The Morgan fingerprint density at radius 3 is 2.38 bits per heavy atom. The first-order chi connectivity index (χ1) is 16.2. The zero-order valence-electron chi connectivity index (χ0n) is 18.2. The van der Waals surface area contributed by atoms with Crippen LogP contribution >= 0.6 is 34.8 Å². The van der Waals surface area contributed by atoms with E-state index in [4.69, 9.17) is 39.5 Å². The van der Waals surface area contributed by atoms with Crippen LogP contribution in [0.4, 0.5) is 0 Å². The van der Waals surface area contributed by atoms with Crippen molar-refractivity contribution in [2.24, 2.45) is 0 Å². The third kappa shape index (κ3) is 4.37. The first-order valence-corrected chi connectivity index (χ1v) is 11.3. The molecule has 2 heterocycles. The number of carbonyl (C=O) groups is 2. The first kappa shape index (κ1) is 24.1. The van der Waals surface area contributed by atoms with Gasteiger partial charge in [0.05, 0.1) is 39.4 Å². The monoisotopic (exact) mass is 516 g/mol. The molecule has 1 unspecified atom stereocenters. The number of benzene rings is 2. The Morgan fingerprint density at radius 2 is 1.74 bits per heavy atom. The third-order valence-corrected chi connectivity index (χ3v) is 6.57. The number of aryl methyl sites for hydroxylation is 1. The van der Waals surface area contributed by atoms with Crippen LogP contribution in [-0.2, 0) is 16.1 Å². The number of aliphatic hydroxyl groups is 1. The molecule has 2 aromatic carbocycles. The molecule has 0 saturated carbocycles. The van der Waals surface area contributed by atoms with Crippen LogP contribution < -0.4 is 4.74 Å². The highest BCUT2D eigenvalue weighted by atomic mass is 35.5. The molecule has 9 heteroatoms. The van der Waals surface area contributed by atoms with Gasteiger partial charge in [0.2, 0.25) is 0 Å². The van der Waals surface area contributed by atoms with E-state index in [1.165, 1.54) is 12.0 Å². The summed E-state index contributed by atoms with van der Waals surface area (Å²) < 4.78 is 5.39. The van der Waals surface area contributed by atoms with Crippen molar-refractivity contribution in [2.75, 3.05) is 7.11 Å². The molecule has 174 valence electrons. The van der Waals surface area contributed by atoms with E-state index in [2.05, 4.69) is 4.98 Å². The summed E-state index contributed by atoms with van der Waals surface area (Å²) in [4.78, 5) is 31.8. The third-order valence-electron chi connectivity index (χ3n) is 5.55. The van der Waals surface area contributed by atoms with Crippen molar-refractivity contribution in [3.8, 4) is 5.75 Å². The second kappa shape index (κ2) is 9.66. The number of ketones is 1. The number of methoxy groups -OCH3 is 1. The number of halogens is 3. The number of hydrogen-bond acceptors (Lipinski definition) is 5. The number of hydrogen-bond donors (Lipinski definition) is 1. The van der Waals surface area contributed by atoms with Crippen molar-refractivity contribution in [3.05, 3.63) is 97.8 Å². The highest BCUT2D eigenvalue weighted by Crippen LogP contribution is 2.44. The molecule has 1 atom stereocenters. The molecule has 0 bridgehead atoms. The minimum atomic E-state index is -0.924. The highest BCUT2D eigenvalue weighted by Gasteiger charge is 2.46. The molecule has 1 saturated heterocycles. The molecular weight excluding hydrogens is 499 g/mol. The van der Waals surface area contributed by atoms with Gasteiger partial charge in [-0.1, -0.05) is 40.9 Å². The van der Waals surface area contributed by atoms with Crippen molar-refractivity contribution in [1.29, 1.82) is 0 Å². The van der Waals surface area contributed by atoms with Gasteiger partial charge in [0.25, 0.3) is 11.7 Å². The lowest BCUT2D eigenvalue weighted by molar-refractivity contribution is -0.140. The molecule has 3 aromatic rings. The van der Waals surface area contributed by atoms with Gasteiger partial charge in [-0.15, -0.1) is 0 Å². The van der Waals surface area contributed by atoms with Crippen LogP contribution in [0.3, 0.4) is 0 Å². The Hall–Kier alpha value is -3.06. The molecule has 1 aliphatic rings. The molecule has 0 aliphatic carbocycles. The highest BCUT2D eigenvalue weighted by molar-refractivity contribution is 6.47. The number of aromatic nitrogens is 1. The number of Topliss-reactive ketones (excluding diaryl/α,β-unsaturated/α-hetero) is 1. The Kier molecular flexibility index (Phi) is 6.84. The summed E-state index contributed by atoms with van der Waals surface area (Å²) in [6.45, 7) is 1.90. The molecule has 1 amide bonds. The summed E-state index contributed by atoms with van der Waals surface area (Å²) in [7, 11) is 1.41. The average Bonchev–Trinajstić information content (AvgIpc) is 3.05. The van der Waals surface area contributed by atoms with Gasteiger partial charge in [0.15, 0.2) is 0 Å². The second-order valence-corrected chi connectivity index (χ2v) is 9.01. The Balaban J connectivity index is 1.95. The van der Waals surface area contributed by atoms with Crippen LogP contribution in [0.1, 0.15) is 28.3 Å². The minimum Gasteiger partial charge on any atom is -0.507 e. The quantitative estimate of drug-likeness (QED) is 0.256. The van der Waals surface area contributed by atoms with Gasteiger partial charge < -0.3 is 14.7 Å². The number of pyridine rings is 1. The lowest BCUT2D eigenvalue weighted by Gasteiger charge is -2.26. The van der Waals surface area contributed by atoms with Gasteiger partial charge in [0, 0.05) is 18.9 Å². The molecule has 6 nitrogen and oxygen atoms in total. The van der Waals surface area contributed by atoms with Crippen LogP contribution in [0.2, 0.25) is 15.1 Å². The average molecular weight is 518 g/mol. The van der Waals surface area contributed by atoms with E-state index in [0.717, 1.165) is 11.1 Å². The molecular formula is C25H19Cl3N2O4. The van der Waals surface area contributed by atoms with Crippen LogP contribution in [0.15, 0.2) is 60.4 Å². The fourth-order valence-electron chi connectivity index (χ4n) is 4.01. The van der Waals surface area contributed by atoms with Crippen LogP contribution in [0.5, 0.6) is 5.75 Å².